The Balaban J connectivity index is 1.67. The molecule has 1 aromatic carbocycles. The predicted molar refractivity (Wildman–Crippen MR) is 109 cm³/mol. The van der Waals surface area contributed by atoms with Crippen LogP contribution in [-0.4, -0.2) is 57.6 Å². The lowest BCUT2D eigenvalue weighted by atomic mass is 10.0. The summed E-state index contributed by atoms with van der Waals surface area (Å²) in [4.78, 5) is 28.9. The number of carbonyl (C=O) groups is 2. The van der Waals surface area contributed by atoms with Crippen LogP contribution in [0.5, 0.6) is 0 Å². The number of benzene rings is 1. The van der Waals surface area contributed by atoms with E-state index in [4.69, 9.17) is 11.6 Å². The third-order valence-corrected chi connectivity index (χ3v) is 5.94. The van der Waals surface area contributed by atoms with E-state index < -0.39 is 11.4 Å². The number of carbonyl (C=O) groups excluding carboxylic acids is 2. The summed E-state index contributed by atoms with van der Waals surface area (Å²) in [6.45, 7) is 5.81. The van der Waals surface area contributed by atoms with E-state index in [9.17, 15) is 19.1 Å². The van der Waals surface area contributed by atoms with Crippen molar-refractivity contribution in [1.82, 2.24) is 15.1 Å². The fraction of sp³-hybridized carbons (Fsp3) is 0.619. The molecule has 0 radical (unpaired) electrons. The van der Waals surface area contributed by atoms with Crippen molar-refractivity contribution in [2.75, 3.05) is 13.1 Å². The Labute approximate surface area is 176 Å². The lowest BCUT2D eigenvalue weighted by molar-refractivity contribution is -0.149. The molecular weight excluding hydrogens is 397 g/mol. The maximum atomic E-state index is 14.1. The minimum atomic E-state index is -1.43. The molecule has 1 aromatic rings. The van der Waals surface area contributed by atoms with E-state index in [1.54, 1.807) is 17.9 Å². The van der Waals surface area contributed by atoms with Gasteiger partial charge >= 0.3 is 6.03 Å². The van der Waals surface area contributed by atoms with Gasteiger partial charge in [-0.25, -0.2) is 9.18 Å². The van der Waals surface area contributed by atoms with Crippen molar-refractivity contribution in [3.8, 4) is 0 Å². The minimum absolute atomic E-state index is 0.0743. The van der Waals surface area contributed by atoms with Crippen molar-refractivity contribution in [2.45, 2.75) is 70.7 Å². The monoisotopic (exact) mass is 425 g/mol. The van der Waals surface area contributed by atoms with Gasteiger partial charge in [-0.2, -0.15) is 0 Å². The topological polar surface area (TPSA) is 72.9 Å². The first-order valence-corrected chi connectivity index (χ1v) is 10.5. The van der Waals surface area contributed by atoms with Gasteiger partial charge in [0, 0.05) is 36.3 Å². The second-order valence-corrected chi connectivity index (χ2v) is 9.00. The Hall–Kier alpha value is -1.86. The summed E-state index contributed by atoms with van der Waals surface area (Å²) in [6.07, 6.45) is 3.43. The number of piperidine rings is 1. The van der Waals surface area contributed by atoms with Gasteiger partial charge in [0.2, 0.25) is 0 Å². The lowest BCUT2D eigenvalue weighted by Gasteiger charge is -2.41. The van der Waals surface area contributed by atoms with Gasteiger partial charge in [-0.15, -0.1) is 0 Å². The molecule has 160 valence electrons. The van der Waals surface area contributed by atoms with Crippen molar-refractivity contribution < 1.29 is 19.1 Å². The zero-order chi connectivity index (χ0) is 21.3. The average molecular weight is 426 g/mol. The number of aliphatic hydroxyl groups is 1. The maximum Gasteiger partial charge on any atom is 0.318 e. The van der Waals surface area contributed by atoms with Crippen LogP contribution in [-0.2, 0) is 11.3 Å². The summed E-state index contributed by atoms with van der Waals surface area (Å²) >= 11 is 5.94. The average Bonchev–Trinajstić information content (AvgIpc) is 3.47. The summed E-state index contributed by atoms with van der Waals surface area (Å²) in [5.74, 6) is -0.768. The van der Waals surface area contributed by atoms with Crippen LogP contribution in [0.3, 0.4) is 0 Å². The van der Waals surface area contributed by atoms with Crippen LogP contribution in [0.15, 0.2) is 12.1 Å². The Kier molecular flexibility index (Phi) is 6.39. The highest BCUT2D eigenvalue weighted by Crippen LogP contribution is 2.32. The quantitative estimate of drug-likeness (QED) is 0.760. The predicted octanol–water partition coefficient (Wildman–Crippen LogP) is 3.22. The molecule has 1 atom stereocenters. The number of aryl methyl sites for hydroxylation is 1. The number of amides is 3. The van der Waals surface area contributed by atoms with Crippen LogP contribution in [0.4, 0.5) is 9.18 Å². The van der Waals surface area contributed by atoms with E-state index in [2.05, 4.69) is 5.32 Å². The molecule has 0 bridgehead atoms. The summed E-state index contributed by atoms with van der Waals surface area (Å²) in [7, 11) is 0. The largest absolute Gasteiger partial charge is 0.381 e. The minimum Gasteiger partial charge on any atom is -0.381 e. The summed E-state index contributed by atoms with van der Waals surface area (Å²) in [5, 5.41) is 13.2. The fourth-order valence-electron chi connectivity index (χ4n) is 3.85. The number of likely N-dealkylation sites (tertiary alicyclic amines) is 1. The van der Waals surface area contributed by atoms with Gasteiger partial charge in [-0.1, -0.05) is 11.6 Å². The van der Waals surface area contributed by atoms with Crippen molar-refractivity contribution in [3.63, 3.8) is 0 Å². The molecule has 0 spiro atoms. The van der Waals surface area contributed by atoms with E-state index in [0.29, 0.717) is 23.7 Å². The summed E-state index contributed by atoms with van der Waals surface area (Å²) < 4.78 is 14.1. The second-order valence-electron chi connectivity index (χ2n) is 8.60. The maximum absolute atomic E-state index is 14.1. The normalized spacial score (nSPS) is 19.8. The lowest BCUT2D eigenvalue weighted by Crippen LogP contribution is -2.57. The SMILES string of the molecule is Cc1cc(CNC(=O)N(C2CC2)[C@@H]2CCCN(C(=O)C(C)(C)O)C2)c(F)cc1Cl. The molecule has 0 unspecified atom stereocenters. The molecule has 1 aliphatic heterocycles. The van der Waals surface area contributed by atoms with Gasteiger partial charge in [-0.05, 0) is 64.2 Å². The molecule has 2 fully saturated rings. The molecule has 1 saturated carbocycles. The third-order valence-electron chi connectivity index (χ3n) is 5.53. The second kappa shape index (κ2) is 8.48. The van der Waals surface area contributed by atoms with Gasteiger partial charge < -0.3 is 20.2 Å². The number of nitrogens with one attached hydrogen (secondary N) is 1. The first-order chi connectivity index (χ1) is 13.6. The molecule has 8 heteroatoms. The van der Waals surface area contributed by atoms with Crippen molar-refractivity contribution in [2.24, 2.45) is 0 Å². The van der Waals surface area contributed by atoms with Crippen LogP contribution >= 0.6 is 11.6 Å². The van der Waals surface area contributed by atoms with Gasteiger partial charge in [0.25, 0.3) is 5.91 Å². The number of hydrogen-bond donors (Lipinski definition) is 2. The summed E-state index contributed by atoms with van der Waals surface area (Å²) in [5.41, 5.74) is -0.290. The Morgan fingerprint density at radius 1 is 1.31 bits per heavy atom. The molecule has 3 rings (SSSR count). The molecule has 3 amide bonds. The molecule has 29 heavy (non-hydrogen) atoms. The van der Waals surface area contributed by atoms with Crippen LogP contribution in [0.2, 0.25) is 5.02 Å². The van der Waals surface area contributed by atoms with Crippen LogP contribution < -0.4 is 5.32 Å². The molecular formula is C21H29ClFN3O3. The number of nitrogens with zero attached hydrogens (tertiary/aromatic N) is 2. The number of urea groups is 1. The molecule has 0 aromatic heterocycles. The standard InChI is InChI=1S/C21H29ClFN3O3/c1-13-9-14(18(23)10-17(13)22)11-24-20(28)26(15-6-7-15)16-5-4-8-25(12-16)19(27)21(2,3)29/h9-10,15-16,29H,4-8,11-12H2,1-3H3,(H,24,28)/t16-/m1/s1. The van der Waals surface area contributed by atoms with Crippen LogP contribution in [0.1, 0.15) is 50.7 Å². The van der Waals surface area contributed by atoms with Crippen molar-refractivity contribution >= 4 is 23.5 Å². The highest BCUT2D eigenvalue weighted by Gasteiger charge is 2.41. The summed E-state index contributed by atoms with van der Waals surface area (Å²) in [6, 6.07) is 2.69. The number of rotatable bonds is 5. The Morgan fingerprint density at radius 2 is 2.00 bits per heavy atom. The fourth-order valence-corrected chi connectivity index (χ4v) is 4.00. The number of hydrogen-bond acceptors (Lipinski definition) is 3. The van der Waals surface area contributed by atoms with Crippen LogP contribution in [0, 0.1) is 12.7 Å². The van der Waals surface area contributed by atoms with E-state index in [0.717, 1.165) is 31.2 Å². The van der Waals surface area contributed by atoms with E-state index in [-0.39, 0.29) is 30.6 Å². The molecule has 1 heterocycles. The zero-order valence-corrected chi connectivity index (χ0v) is 17.9. The van der Waals surface area contributed by atoms with E-state index >= 15 is 0 Å². The van der Waals surface area contributed by atoms with E-state index in [1.807, 2.05) is 4.90 Å². The first-order valence-electron chi connectivity index (χ1n) is 10.1. The smallest absolute Gasteiger partial charge is 0.318 e. The van der Waals surface area contributed by atoms with E-state index in [1.165, 1.54) is 19.9 Å². The van der Waals surface area contributed by atoms with Gasteiger partial charge in [0.15, 0.2) is 0 Å². The first kappa shape index (κ1) is 21.8. The molecule has 6 nitrogen and oxygen atoms in total. The van der Waals surface area contributed by atoms with Gasteiger partial charge in [0.05, 0.1) is 6.04 Å². The highest BCUT2D eigenvalue weighted by molar-refractivity contribution is 6.31. The molecule has 1 saturated heterocycles. The van der Waals surface area contributed by atoms with Gasteiger partial charge in [-0.3, -0.25) is 4.79 Å². The molecule has 2 N–H and O–H groups in total. The molecule has 1 aliphatic carbocycles. The van der Waals surface area contributed by atoms with Gasteiger partial charge in [0.1, 0.15) is 11.4 Å². The Bertz CT molecular complexity index is 792. The zero-order valence-electron chi connectivity index (χ0n) is 17.2. The van der Waals surface area contributed by atoms with Crippen molar-refractivity contribution in [3.05, 3.63) is 34.1 Å². The molecule has 2 aliphatic rings. The Morgan fingerprint density at radius 3 is 2.62 bits per heavy atom. The van der Waals surface area contributed by atoms with Crippen molar-refractivity contribution in [1.29, 1.82) is 0 Å². The number of halogens is 2. The highest BCUT2D eigenvalue weighted by atomic mass is 35.5. The van der Waals surface area contributed by atoms with Crippen LogP contribution in [0.25, 0.3) is 0 Å². The third kappa shape index (κ3) is 5.20.